The van der Waals surface area contributed by atoms with Crippen LogP contribution in [0.15, 0.2) is 97.1 Å². The monoisotopic (exact) mass is 1720 g/mol. The Morgan fingerprint density at radius 1 is 0.289 bits per heavy atom. The number of unbranched alkanes of at least 4 members (excludes halogenated alkanes) is 2. The molecule has 114 heavy (non-hydrogen) atoms. The zero-order valence-corrected chi connectivity index (χ0v) is 72.2. The largest absolute Gasteiger partial charge is 0.368 e. The second-order valence-corrected chi connectivity index (χ2v) is 38.2. The maximum absolute atomic E-state index is 7.19. The molecule has 0 saturated carbocycles. The molecule has 26 heteroatoms. The van der Waals surface area contributed by atoms with E-state index in [1.807, 2.05) is 111 Å². The molecule has 16 rings (SSSR count). The average molecular weight is 1720 g/mol. The minimum Gasteiger partial charge on any atom is -0.368 e. The lowest BCUT2D eigenvalue weighted by atomic mass is 9.61. The van der Waals surface area contributed by atoms with E-state index in [0.717, 1.165) is 93.7 Å². The minimum absolute atomic E-state index is 0.243. The lowest BCUT2D eigenvalue weighted by Crippen LogP contribution is -2.44. The summed E-state index contributed by atoms with van der Waals surface area (Å²) in [5, 5.41) is 1.65. The molecule has 12 heterocycles. The van der Waals surface area contributed by atoms with Crippen LogP contribution in [0.1, 0.15) is 207 Å². The molecule has 0 spiro atoms. The second-order valence-electron chi connectivity index (χ2n) is 36.6. The van der Waals surface area contributed by atoms with Gasteiger partial charge in [-0.3, -0.25) is 0 Å². The molecule has 0 amide bonds. The number of halogens is 2. The molecule has 12 aliphatic heterocycles. The molecule has 4 aromatic rings. The van der Waals surface area contributed by atoms with Gasteiger partial charge in [0.15, 0.2) is 71.5 Å². The van der Waals surface area contributed by atoms with Gasteiger partial charge in [0.1, 0.15) is 97.7 Å². The lowest BCUT2D eigenvalue weighted by molar-refractivity contribution is -0.236. The number of ether oxygens (including phenoxy) is 24. The molecule has 0 bridgehead atoms. The van der Waals surface area contributed by atoms with E-state index in [-0.39, 0.29) is 26.4 Å². The molecule has 630 valence electrons. The Bertz CT molecular complexity index is 3480. The van der Waals surface area contributed by atoms with Gasteiger partial charge in [-0.25, -0.2) is 0 Å². The quantitative estimate of drug-likeness (QED) is 0.0337. The molecule has 12 aliphatic rings. The summed E-state index contributed by atoms with van der Waals surface area (Å²) in [5.74, 6) is -6.75. The Morgan fingerprint density at radius 2 is 0.526 bits per heavy atom. The van der Waals surface area contributed by atoms with Crippen LogP contribution < -0.4 is 0 Å². The molecule has 4 aromatic carbocycles. The van der Waals surface area contributed by atoms with Crippen molar-refractivity contribution in [3.05, 3.63) is 142 Å². The first-order valence-electron chi connectivity index (χ1n) is 41.3. The van der Waals surface area contributed by atoms with Gasteiger partial charge in [-0.1, -0.05) is 142 Å². The van der Waals surface area contributed by atoms with Gasteiger partial charge in [-0.05, 0) is 194 Å². The highest BCUT2D eigenvalue weighted by Crippen LogP contribution is 2.53. The zero-order chi connectivity index (χ0) is 80.2. The SMILES string of the molecule is CC1(C)O[C@H]2O[C@H]([C@H]3COC(C)(C)O3)[C@H](OCc3cccc(C(CCCCBr)(CCC(CCCCBr)(c4cccc(CO[C@@H]5[C@H]6OC(C)(C)O[C@H]6O[C@@H]5[C@H]5COC(C)(C)O5)c4)c4cccc(CO[C@@H]5[C@H]6OC(C)(C)O[C@H]6O[C@@H]5[C@H]5COC(C)(C)O5)c4)c4cccc(CO[C@@H]5[C@H]6OC(C)(C)O[C@H]6O[C@@H]5[C@H]5COC(C)(C)O5)c4)c3)[C@H]2O1. The Kier molecular flexibility index (Phi) is 24.4. The van der Waals surface area contributed by atoms with Crippen molar-refractivity contribution >= 4 is 31.9 Å². The third kappa shape index (κ3) is 18.2. The second kappa shape index (κ2) is 32.9. The average Bonchev–Trinajstić information content (AvgIpc) is 0.961. The third-order valence-electron chi connectivity index (χ3n) is 24.3. The first-order valence-corrected chi connectivity index (χ1v) is 43.6. The molecule has 0 unspecified atom stereocenters. The maximum atomic E-state index is 7.19. The van der Waals surface area contributed by atoms with Crippen LogP contribution in [0.4, 0.5) is 0 Å². The van der Waals surface area contributed by atoms with Crippen LogP contribution >= 0.6 is 31.9 Å². The number of hydrogen-bond donors (Lipinski definition) is 0. The van der Waals surface area contributed by atoms with Crippen LogP contribution in [-0.4, -0.2) is 206 Å². The number of rotatable bonds is 31. The van der Waals surface area contributed by atoms with Gasteiger partial charge >= 0.3 is 0 Å². The van der Waals surface area contributed by atoms with E-state index < -0.39 is 180 Å². The van der Waals surface area contributed by atoms with Gasteiger partial charge in [0.2, 0.25) is 0 Å². The Morgan fingerprint density at radius 3 is 0.737 bits per heavy atom. The van der Waals surface area contributed by atoms with E-state index in [1.54, 1.807) is 0 Å². The van der Waals surface area contributed by atoms with Gasteiger partial charge in [-0.15, -0.1) is 0 Å². The topological polar surface area (TPSA) is 222 Å². The Hall–Kier alpha value is -3.12. The van der Waals surface area contributed by atoms with Crippen molar-refractivity contribution in [1.29, 1.82) is 0 Å². The summed E-state index contributed by atoms with van der Waals surface area (Å²) in [7, 11) is 0. The van der Waals surface area contributed by atoms with E-state index in [2.05, 4.69) is 129 Å². The summed E-state index contributed by atoms with van der Waals surface area (Å²) in [5.41, 5.74) is 7.21. The minimum atomic E-state index is -0.887. The smallest absolute Gasteiger partial charge is 0.190 e. The van der Waals surface area contributed by atoms with Crippen LogP contribution in [-0.2, 0) is 151 Å². The van der Waals surface area contributed by atoms with E-state index >= 15 is 0 Å². The van der Waals surface area contributed by atoms with Gasteiger partial charge < -0.3 is 114 Å². The van der Waals surface area contributed by atoms with Crippen LogP contribution in [0, 0.1) is 0 Å². The van der Waals surface area contributed by atoms with E-state index in [0.29, 0.717) is 39.3 Å². The molecule has 0 N–H and O–H groups in total. The number of benzene rings is 4. The van der Waals surface area contributed by atoms with Gasteiger partial charge in [0.25, 0.3) is 0 Å². The number of fused-ring (bicyclic) bond motifs is 4. The molecule has 20 atom stereocenters. The summed E-state index contributed by atoms with van der Waals surface area (Å²) in [6.45, 7) is 32.9. The molecule has 12 saturated heterocycles. The molecule has 24 nitrogen and oxygen atoms in total. The maximum Gasteiger partial charge on any atom is 0.190 e. The standard InChI is InChI=1S/C88H120Br2O24/c1-79(2)95-47-59(103-79)63-67(71-75(99-63)111-83(9,10)107-71)91-43-51-25-21-29-55(39-51)87(33-17-19-37-89,56-30-22-26-52(40-56)44-92-68-64(60-48-96-80(3,4)104-60)100-76-72(68)108-84(11,12)112-76)35-36-88(34-18-20-38-90,57-31-23-27-53(41-57)45-93-69-65(61-49-97-81(5,6)105-61)101-77-73(69)109-85(13,14)113-77)58-32-24-28-54(42-58)46-94-70-66(62-50-98-82(7,8)106-62)102-78-74(70)110-86(15,16)114-78/h21-32,39-42,59-78H,17-20,33-38,43-50H2,1-16H3/t59-,60-,61-,62-,63-,64-,65-,66-,67+,68+,69+,70+,71-,72-,73-,74-,75-,76-,77-,78-/m1/s1. The summed E-state index contributed by atoms with van der Waals surface area (Å²) in [4.78, 5) is 0. The number of alkyl halides is 2. The van der Waals surface area contributed by atoms with E-state index in [9.17, 15) is 0 Å². The third-order valence-corrected chi connectivity index (χ3v) is 25.5. The van der Waals surface area contributed by atoms with Crippen LogP contribution in [0.5, 0.6) is 0 Å². The van der Waals surface area contributed by atoms with Crippen LogP contribution in [0.3, 0.4) is 0 Å². The van der Waals surface area contributed by atoms with Gasteiger partial charge in [-0.2, -0.15) is 0 Å². The normalized spacial score (nSPS) is 36.3. The highest BCUT2D eigenvalue weighted by molar-refractivity contribution is 9.09. The lowest BCUT2D eigenvalue weighted by Gasteiger charge is -2.42. The van der Waals surface area contributed by atoms with Crippen molar-refractivity contribution in [2.45, 2.75) is 369 Å². The van der Waals surface area contributed by atoms with E-state index in [1.165, 1.54) is 0 Å². The summed E-state index contributed by atoms with van der Waals surface area (Å²) < 4.78 is 158. The fourth-order valence-corrected chi connectivity index (χ4v) is 20.1. The van der Waals surface area contributed by atoms with Gasteiger partial charge in [0, 0.05) is 21.5 Å². The first kappa shape index (κ1) is 84.5. The molecular weight excluding hydrogens is 1600 g/mol. The van der Waals surface area contributed by atoms with Gasteiger partial charge in [0.05, 0.1) is 52.9 Å². The highest BCUT2D eigenvalue weighted by Gasteiger charge is 2.64. The van der Waals surface area contributed by atoms with E-state index in [4.69, 9.17) is 114 Å². The fourth-order valence-electron chi connectivity index (χ4n) is 19.3. The summed E-state index contributed by atoms with van der Waals surface area (Å²) in [6, 6.07) is 36.1. The predicted octanol–water partition coefficient (Wildman–Crippen LogP) is 14.5. The van der Waals surface area contributed by atoms with Crippen LogP contribution in [0.2, 0.25) is 0 Å². The van der Waals surface area contributed by atoms with Crippen molar-refractivity contribution in [3.8, 4) is 0 Å². The van der Waals surface area contributed by atoms with Crippen molar-refractivity contribution in [2.24, 2.45) is 0 Å². The molecule has 0 radical (unpaired) electrons. The molecule has 0 aromatic heterocycles. The van der Waals surface area contributed by atoms with Crippen molar-refractivity contribution in [1.82, 2.24) is 0 Å². The first-order chi connectivity index (χ1) is 54.1. The van der Waals surface area contributed by atoms with Crippen molar-refractivity contribution in [2.75, 3.05) is 37.1 Å². The highest BCUT2D eigenvalue weighted by atomic mass is 79.9. The molecular formula is C88H120Br2O24. The predicted molar refractivity (Wildman–Crippen MR) is 421 cm³/mol. The van der Waals surface area contributed by atoms with Crippen molar-refractivity contribution in [3.63, 3.8) is 0 Å². The molecule has 0 aliphatic carbocycles. The summed E-state index contributed by atoms with van der Waals surface area (Å²) in [6.07, 6.45) is -4.06. The molecule has 12 fully saturated rings. The van der Waals surface area contributed by atoms with Crippen molar-refractivity contribution < 1.29 is 114 Å². The fraction of sp³-hybridized carbons (Fsp3) is 0.727. The Balaban J connectivity index is 0.793. The van der Waals surface area contributed by atoms with Crippen LogP contribution in [0.25, 0.3) is 0 Å². The zero-order valence-electron chi connectivity index (χ0n) is 69.1. The summed E-state index contributed by atoms with van der Waals surface area (Å²) >= 11 is 7.81. The number of hydrogen-bond acceptors (Lipinski definition) is 24. The Labute approximate surface area is 688 Å².